The Kier molecular flexibility index (Phi) is 4.84. The lowest BCUT2D eigenvalue weighted by Crippen LogP contribution is -2.37. The molecule has 1 spiro atoms. The van der Waals surface area contributed by atoms with Crippen molar-refractivity contribution in [1.82, 2.24) is 19.8 Å². The number of amides is 1. The molecule has 5 nitrogen and oxygen atoms in total. The maximum atomic E-state index is 12.9. The van der Waals surface area contributed by atoms with Crippen LogP contribution in [0.15, 0.2) is 47.3 Å². The summed E-state index contributed by atoms with van der Waals surface area (Å²) in [6.45, 7) is 3.61. The summed E-state index contributed by atoms with van der Waals surface area (Å²) in [7, 11) is 1.91. The first kappa shape index (κ1) is 18.7. The van der Waals surface area contributed by atoms with Crippen LogP contribution in [0.5, 0.6) is 0 Å². The van der Waals surface area contributed by atoms with E-state index in [9.17, 15) is 4.79 Å². The molecule has 2 aliphatic rings. The number of pyridine rings is 1. The molecule has 2 aromatic heterocycles. The monoisotopic (exact) mass is 406 g/mol. The summed E-state index contributed by atoms with van der Waals surface area (Å²) in [6, 6.07) is 12.6. The lowest BCUT2D eigenvalue weighted by atomic mass is 9.90. The molecule has 3 heterocycles. The number of hydrogen-bond acceptors (Lipinski definition) is 5. The number of carbonyl (C=O) groups excluding carboxylic acids is 1. The summed E-state index contributed by atoms with van der Waals surface area (Å²) in [5.74, 6) is 0.495. The lowest BCUT2D eigenvalue weighted by molar-refractivity contribution is -0.133. The van der Waals surface area contributed by atoms with Crippen LogP contribution in [0.3, 0.4) is 0 Å². The maximum absolute atomic E-state index is 12.9. The summed E-state index contributed by atoms with van der Waals surface area (Å²) in [5.41, 5.74) is 5.24. The largest absolute Gasteiger partial charge is 0.340 e. The molecule has 2 fully saturated rings. The highest BCUT2D eigenvalue weighted by atomic mass is 32.1. The Morgan fingerprint density at radius 3 is 2.83 bits per heavy atom. The Morgan fingerprint density at radius 2 is 2.03 bits per heavy atom. The first-order chi connectivity index (χ1) is 14.1. The maximum Gasteiger partial charge on any atom is 0.226 e. The van der Waals surface area contributed by atoms with E-state index in [0.29, 0.717) is 12.5 Å². The Bertz CT molecular complexity index is 1010. The zero-order chi connectivity index (χ0) is 19.8. The van der Waals surface area contributed by atoms with E-state index in [1.807, 2.05) is 28.9 Å². The van der Waals surface area contributed by atoms with Gasteiger partial charge < -0.3 is 4.90 Å². The molecular formula is C23H26N4OS. The molecular weight excluding hydrogens is 380 g/mol. The molecule has 1 atom stereocenters. The third-order valence-corrected chi connectivity index (χ3v) is 7.28. The van der Waals surface area contributed by atoms with Gasteiger partial charge in [-0.1, -0.05) is 24.3 Å². The number of nitrogens with zero attached hydrogens (tertiary/aromatic N) is 4. The second kappa shape index (κ2) is 7.50. The number of aromatic nitrogens is 2. The number of hydrogen-bond donors (Lipinski definition) is 0. The zero-order valence-corrected chi connectivity index (χ0v) is 17.6. The number of thiazole rings is 1. The van der Waals surface area contributed by atoms with Gasteiger partial charge >= 0.3 is 0 Å². The molecule has 3 aromatic rings. The number of fused-ring (bicyclic) bond motifs is 1. The van der Waals surface area contributed by atoms with E-state index in [0.717, 1.165) is 55.8 Å². The van der Waals surface area contributed by atoms with E-state index in [1.54, 1.807) is 11.3 Å². The summed E-state index contributed by atoms with van der Waals surface area (Å²) in [6.07, 6.45) is 3.28. The molecule has 1 aliphatic heterocycles. The molecule has 6 heteroatoms. The van der Waals surface area contributed by atoms with Gasteiger partial charge in [0.2, 0.25) is 5.91 Å². The second-order valence-corrected chi connectivity index (χ2v) is 9.28. The highest BCUT2D eigenvalue weighted by Crippen LogP contribution is 2.60. The van der Waals surface area contributed by atoms with E-state index in [-0.39, 0.29) is 11.3 Å². The first-order valence-electron chi connectivity index (χ1n) is 10.3. The summed E-state index contributed by atoms with van der Waals surface area (Å²) in [4.78, 5) is 26.3. The van der Waals surface area contributed by atoms with Crippen molar-refractivity contribution in [2.24, 2.45) is 11.3 Å². The van der Waals surface area contributed by atoms with Crippen LogP contribution in [0.25, 0.3) is 10.9 Å². The van der Waals surface area contributed by atoms with Crippen molar-refractivity contribution in [2.45, 2.75) is 32.4 Å². The van der Waals surface area contributed by atoms with Gasteiger partial charge in [0.15, 0.2) is 0 Å². The van der Waals surface area contributed by atoms with Crippen LogP contribution in [-0.4, -0.2) is 45.8 Å². The molecule has 0 radical (unpaired) electrons. The van der Waals surface area contributed by atoms with E-state index < -0.39 is 0 Å². The van der Waals surface area contributed by atoms with E-state index in [2.05, 4.69) is 40.2 Å². The Hall–Kier alpha value is -2.31. The van der Waals surface area contributed by atoms with Crippen molar-refractivity contribution in [3.05, 3.63) is 58.7 Å². The van der Waals surface area contributed by atoms with Crippen molar-refractivity contribution in [2.75, 3.05) is 20.1 Å². The molecule has 0 N–H and O–H groups in total. The normalized spacial score (nSPS) is 20.8. The Morgan fingerprint density at radius 1 is 1.21 bits per heavy atom. The van der Waals surface area contributed by atoms with Crippen LogP contribution in [0.1, 0.15) is 30.7 Å². The standard InChI is InChI=1S/C23H26N4OS/c1-26(13-19-15-29-16-24-19)22(28)20-12-23(20)8-10-27(11-9-23)14-18-7-6-17-4-2-3-5-21(17)25-18/h2-7,15-16,20H,8-14H2,1H3. The Labute approximate surface area is 175 Å². The third-order valence-electron chi connectivity index (χ3n) is 6.64. The predicted molar refractivity (Wildman–Crippen MR) is 115 cm³/mol. The fraction of sp³-hybridized carbons (Fsp3) is 0.435. The molecule has 1 saturated heterocycles. The van der Waals surface area contributed by atoms with Crippen LogP contribution in [0.4, 0.5) is 0 Å². The predicted octanol–water partition coefficient (Wildman–Crippen LogP) is 3.95. The van der Waals surface area contributed by atoms with Crippen LogP contribution >= 0.6 is 11.3 Å². The minimum absolute atomic E-state index is 0.201. The number of carbonyl (C=O) groups is 1. The minimum atomic E-state index is 0.201. The number of benzene rings is 1. The minimum Gasteiger partial charge on any atom is -0.340 e. The molecule has 1 unspecified atom stereocenters. The average molecular weight is 407 g/mol. The molecule has 150 valence electrons. The van der Waals surface area contributed by atoms with E-state index in [4.69, 9.17) is 4.98 Å². The SMILES string of the molecule is CN(Cc1cscn1)C(=O)C1CC12CCN(Cc1ccc3ccccc3n1)CC2. The third kappa shape index (κ3) is 3.79. The molecule has 5 rings (SSSR count). The van der Waals surface area contributed by atoms with Crippen LogP contribution in [-0.2, 0) is 17.9 Å². The summed E-state index contributed by atoms with van der Waals surface area (Å²) >= 11 is 1.58. The number of likely N-dealkylation sites (tertiary alicyclic amines) is 1. The van der Waals surface area contributed by atoms with Crippen molar-refractivity contribution < 1.29 is 4.79 Å². The number of piperidine rings is 1. The highest BCUT2D eigenvalue weighted by Gasteiger charge is 2.58. The molecule has 1 amide bonds. The Balaban J connectivity index is 1.16. The molecule has 29 heavy (non-hydrogen) atoms. The van der Waals surface area contributed by atoms with Gasteiger partial charge in [0, 0.05) is 30.3 Å². The molecule has 0 bridgehead atoms. The first-order valence-corrected chi connectivity index (χ1v) is 11.3. The van der Waals surface area contributed by atoms with Gasteiger partial charge in [0.05, 0.1) is 29.0 Å². The van der Waals surface area contributed by atoms with Gasteiger partial charge in [0.25, 0.3) is 0 Å². The average Bonchev–Trinajstić information content (AvgIpc) is 3.18. The smallest absolute Gasteiger partial charge is 0.226 e. The van der Waals surface area contributed by atoms with Crippen molar-refractivity contribution >= 4 is 28.1 Å². The van der Waals surface area contributed by atoms with E-state index >= 15 is 0 Å². The van der Waals surface area contributed by atoms with Gasteiger partial charge in [-0.05, 0) is 49.9 Å². The van der Waals surface area contributed by atoms with Crippen molar-refractivity contribution in [3.63, 3.8) is 0 Å². The quantitative estimate of drug-likeness (QED) is 0.644. The molecule has 1 aliphatic carbocycles. The van der Waals surface area contributed by atoms with Gasteiger partial charge in [-0.15, -0.1) is 11.3 Å². The zero-order valence-electron chi connectivity index (χ0n) is 16.8. The number of para-hydroxylation sites is 1. The number of rotatable bonds is 5. The van der Waals surface area contributed by atoms with Gasteiger partial charge in [-0.3, -0.25) is 14.7 Å². The second-order valence-electron chi connectivity index (χ2n) is 8.56. The lowest BCUT2D eigenvalue weighted by Gasteiger charge is -2.33. The van der Waals surface area contributed by atoms with Crippen molar-refractivity contribution in [3.8, 4) is 0 Å². The van der Waals surface area contributed by atoms with Crippen LogP contribution in [0.2, 0.25) is 0 Å². The van der Waals surface area contributed by atoms with Crippen LogP contribution < -0.4 is 0 Å². The fourth-order valence-corrected chi connectivity index (χ4v) is 5.28. The molecule has 1 saturated carbocycles. The summed E-state index contributed by atoms with van der Waals surface area (Å²) < 4.78 is 0. The van der Waals surface area contributed by atoms with Gasteiger partial charge in [-0.2, -0.15) is 0 Å². The van der Waals surface area contributed by atoms with Crippen LogP contribution in [0, 0.1) is 11.3 Å². The fourth-order valence-electron chi connectivity index (χ4n) is 4.73. The van der Waals surface area contributed by atoms with Gasteiger partial charge in [0.1, 0.15) is 0 Å². The van der Waals surface area contributed by atoms with Gasteiger partial charge in [-0.25, -0.2) is 4.98 Å². The highest BCUT2D eigenvalue weighted by molar-refractivity contribution is 7.07. The van der Waals surface area contributed by atoms with E-state index in [1.165, 1.54) is 5.39 Å². The topological polar surface area (TPSA) is 49.3 Å². The summed E-state index contributed by atoms with van der Waals surface area (Å²) in [5, 5.41) is 3.21. The van der Waals surface area contributed by atoms with Crippen molar-refractivity contribution in [1.29, 1.82) is 0 Å². The molecule has 1 aromatic carbocycles.